The zero-order valence-electron chi connectivity index (χ0n) is 12.5. The molecule has 0 spiro atoms. The smallest absolute Gasteiger partial charge is 0.307 e. The Morgan fingerprint density at radius 2 is 1.71 bits per heavy atom. The Labute approximate surface area is 137 Å². The van der Waals surface area contributed by atoms with Gasteiger partial charge in [-0.25, -0.2) is 0 Å². The number of nitro groups is 1. The number of nitro benzene ring substituents is 1. The van der Waals surface area contributed by atoms with Crippen molar-refractivity contribution < 1.29 is 19.6 Å². The molecular formula is C17H14N2O5. The molecule has 0 heterocycles. The van der Waals surface area contributed by atoms with Crippen LogP contribution in [0, 0.1) is 10.1 Å². The predicted octanol–water partition coefficient (Wildman–Crippen LogP) is 2.87. The molecule has 2 rings (SSSR count). The van der Waals surface area contributed by atoms with Gasteiger partial charge in [-0.1, -0.05) is 12.1 Å². The summed E-state index contributed by atoms with van der Waals surface area (Å²) >= 11 is 0. The summed E-state index contributed by atoms with van der Waals surface area (Å²) in [4.78, 5) is 32.5. The van der Waals surface area contributed by atoms with E-state index in [4.69, 9.17) is 5.11 Å². The third-order valence-electron chi connectivity index (χ3n) is 3.11. The van der Waals surface area contributed by atoms with E-state index in [1.54, 1.807) is 36.4 Å². The van der Waals surface area contributed by atoms with E-state index in [0.29, 0.717) is 16.8 Å². The van der Waals surface area contributed by atoms with Crippen LogP contribution in [0.2, 0.25) is 0 Å². The molecule has 0 fully saturated rings. The summed E-state index contributed by atoms with van der Waals surface area (Å²) in [5, 5.41) is 21.9. The van der Waals surface area contributed by atoms with Crippen LogP contribution in [0.25, 0.3) is 6.08 Å². The largest absolute Gasteiger partial charge is 0.481 e. The molecule has 0 saturated carbocycles. The fraction of sp³-hybridized carbons (Fsp3) is 0.0588. The number of carboxylic acids is 1. The number of rotatable bonds is 6. The van der Waals surface area contributed by atoms with E-state index in [0.717, 1.165) is 0 Å². The summed E-state index contributed by atoms with van der Waals surface area (Å²) in [6.45, 7) is 0. The zero-order valence-corrected chi connectivity index (χ0v) is 12.5. The van der Waals surface area contributed by atoms with Gasteiger partial charge in [-0.15, -0.1) is 0 Å². The van der Waals surface area contributed by atoms with Crippen molar-refractivity contribution in [1.82, 2.24) is 0 Å². The molecule has 0 aliphatic rings. The first-order valence-corrected chi connectivity index (χ1v) is 6.98. The van der Waals surface area contributed by atoms with E-state index >= 15 is 0 Å². The number of nitrogens with one attached hydrogen (secondary N) is 1. The Hall–Kier alpha value is -3.48. The average molecular weight is 326 g/mol. The highest BCUT2D eigenvalue weighted by atomic mass is 16.6. The lowest BCUT2D eigenvalue weighted by molar-refractivity contribution is -0.384. The number of anilines is 1. The van der Waals surface area contributed by atoms with Crippen molar-refractivity contribution in [3.05, 3.63) is 75.8 Å². The summed E-state index contributed by atoms with van der Waals surface area (Å²) in [7, 11) is 0. The number of benzene rings is 2. The number of hydrogen-bond donors (Lipinski definition) is 2. The van der Waals surface area contributed by atoms with Crippen molar-refractivity contribution in [2.24, 2.45) is 0 Å². The molecule has 0 aromatic heterocycles. The van der Waals surface area contributed by atoms with Gasteiger partial charge in [0.2, 0.25) is 5.91 Å². The molecule has 0 unspecified atom stereocenters. The zero-order chi connectivity index (χ0) is 17.5. The standard InChI is InChI=1S/C17H14N2O5/c20-16(10-5-12-3-8-15(9-4-12)19(23)24)18-14-6-1-13(2-7-14)11-17(21)22/h1-10H,11H2,(H,18,20)(H,21,22)/b10-5+. The monoisotopic (exact) mass is 326 g/mol. The molecule has 122 valence electrons. The summed E-state index contributed by atoms with van der Waals surface area (Å²) < 4.78 is 0. The topological polar surface area (TPSA) is 110 Å². The van der Waals surface area contributed by atoms with Crippen molar-refractivity contribution in [2.75, 3.05) is 5.32 Å². The third-order valence-corrected chi connectivity index (χ3v) is 3.11. The van der Waals surface area contributed by atoms with E-state index in [9.17, 15) is 19.7 Å². The minimum absolute atomic E-state index is 0.0157. The van der Waals surface area contributed by atoms with Crippen LogP contribution in [0.3, 0.4) is 0 Å². The van der Waals surface area contributed by atoms with Crippen molar-refractivity contribution in [2.45, 2.75) is 6.42 Å². The van der Waals surface area contributed by atoms with Crippen LogP contribution in [0.15, 0.2) is 54.6 Å². The van der Waals surface area contributed by atoms with E-state index < -0.39 is 10.9 Å². The first-order chi connectivity index (χ1) is 11.4. The maximum Gasteiger partial charge on any atom is 0.307 e. The van der Waals surface area contributed by atoms with Gasteiger partial charge in [-0.05, 0) is 41.5 Å². The van der Waals surface area contributed by atoms with Crippen LogP contribution in [-0.4, -0.2) is 21.9 Å². The number of carboxylic acid groups (broad SMARTS) is 1. The highest BCUT2D eigenvalue weighted by molar-refractivity contribution is 6.01. The fourth-order valence-electron chi connectivity index (χ4n) is 1.94. The van der Waals surface area contributed by atoms with Gasteiger partial charge in [0.1, 0.15) is 0 Å². The summed E-state index contributed by atoms with van der Waals surface area (Å²) in [6.07, 6.45) is 2.78. The number of amides is 1. The van der Waals surface area contributed by atoms with Gasteiger partial charge in [0.25, 0.3) is 5.69 Å². The molecule has 7 heteroatoms. The number of non-ortho nitro benzene ring substituents is 1. The van der Waals surface area contributed by atoms with E-state index in [1.807, 2.05) is 0 Å². The number of carbonyl (C=O) groups excluding carboxylic acids is 1. The molecule has 1 amide bonds. The highest BCUT2D eigenvalue weighted by Crippen LogP contribution is 2.13. The van der Waals surface area contributed by atoms with E-state index in [2.05, 4.69) is 5.32 Å². The molecular weight excluding hydrogens is 312 g/mol. The second-order valence-electron chi connectivity index (χ2n) is 4.94. The third kappa shape index (κ3) is 5.06. The predicted molar refractivity (Wildman–Crippen MR) is 88.5 cm³/mol. The quantitative estimate of drug-likeness (QED) is 0.482. The SMILES string of the molecule is O=C(O)Cc1ccc(NC(=O)/C=C/c2ccc([N+](=O)[O-])cc2)cc1. The Bertz CT molecular complexity index is 780. The second kappa shape index (κ2) is 7.68. The molecule has 0 aliphatic carbocycles. The highest BCUT2D eigenvalue weighted by Gasteiger charge is 2.04. The molecule has 2 N–H and O–H groups in total. The number of hydrogen-bond acceptors (Lipinski definition) is 4. The van der Waals surface area contributed by atoms with Gasteiger partial charge in [-0.3, -0.25) is 19.7 Å². The van der Waals surface area contributed by atoms with Crippen LogP contribution in [-0.2, 0) is 16.0 Å². The van der Waals surface area contributed by atoms with Crippen molar-refractivity contribution in [3.63, 3.8) is 0 Å². The van der Waals surface area contributed by atoms with Gasteiger partial charge in [0, 0.05) is 23.9 Å². The minimum atomic E-state index is -0.919. The Morgan fingerprint density at radius 3 is 2.25 bits per heavy atom. The Morgan fingerprint density at radius 1 is 1.08 bits per heavy atom. The molecule has 7 nitrogen and oxygen atoms in total. The maximum absolute atomic E-state index is 11.8. The molecule has 2 aromatic rings. The number of aliphatic carboxylic acids is 1. The van der Waals surface area contributed by atoms with Crippen molar-refractivity contribution >= 4 is 29.3 Å². The van der Waals surface area contributed by atoms with E-state index in [-0.39, 0.29) is 18.0 Å². The second-order valence-corrected chi connectivity index (χ2v) is 4.94. The maximum atomic E-state index is 11.8. The number of nitrogens with zero attached hydrogens (tertiary/aromatic N) is 1. The van der Waals surface area contributed by atoms with Gasteiger partial charge in [-0.2, -0.15) is 0 Å². The first kappa shape index (κ1) is 16.9. The van der Waals surface area contributed by atoms with Crippen LogP contribution in [0.4, 0.5) is 11.4 Å². The van der Waals surface area contributed by atoms with Crippen LogP contribution < -0.4 is 5.32 Å². The van der Waals surface area contributed by atoms with E-state index in [1.165, 1.54) is 24.3 Å². The number of carbonyl (C=O) groups is 2. The van der Waals surface area contributed by atoms with Crippen LogP contribution in [0.5, 0.6) is 0 Å². The molecule has 24 heavy (non-hydrogen) atoms. The average Bonchev–Trinajstić information content (AvgIpc) is 2.54. The molecule has 0 bridgehead atoms. The van der Waals surface area contributed by atoms with Gasteiger partial charge in [0.05, 0.1) is 11.3 Å². The minimum Gasteiger partial charge on any atom is -0.481 e. The van der Waals surface area contributed by atoms with Gasteiger partial charge >= 0.3 is 5.97 Å². The fourth-order valence-corrected chi connectivity index (χ4v) is 1.94. The summed E-state index contributed by atoms with van der Waals surface area (Å²) in [5.41, 5.74) is 1.83. The normalized spacial score (nSPS) is 10.5. The Kier molecular flexibility index (Phi) is 5.40. The van der Waals surface area contributed by atoms with Crippen LogP contribution in [0.1, 0.15) is 11.1 Å². The molecule has 0 atom stereocenters. The molecule has 0 radical (unpaired) electrons. The van der Waals surface area contributed by atoms with Gasteiger partial charge in [0.15, 0.2) is 0 Å². The lowest BCUT2D eigenvalue weighted by Crippen LogP contribution is -2.08. The summed E-state index contributed by atoms with van der Waals surface area (Å²) in [6, 6.07) is 12.3. The molecule has 0 saturated heterocycles. The van der Waals surface area contributed by atoms with Crippen LogP contribution >= 0.6 is 0 Å². The van der Waals surface area contributed by atoms with Crippen molar-refractivity contribution in [3.8, 4) is 0 Å². The lowest BCUT2D eigenvalue weighted by atomic mass is 10.1. The van der Waals surface area contributed by atoms with Crippen molar-refractivity contribution in [1.29, 1.82) is 0 Å². The van der Waals surface area contributed by atoms with Gasteiger partial charge < -0.3 is 10.4 Å². The lowest BCUT2D eigenvalue weighted by Gasteiger charge is -2.03. The first-order valence-electron chi connectivity index (χ1n) is 6.98. The molecule has 0 aliphatic heterocycles. The Balaban J connectivity index is 1.94. The molecule has 2 aromatic carbocycles. The summed E-state index contributed by atoms with van der Waals surface area (Å²) in [5.74, 6) is -1.28.